The van der Waals surface area contributed by atoms with Gasteiger partial charge in [0.15, 0.2) is 5.17 Å². The molecule has 1 heterocycles. The fraction of sp³-hybridized carbons (Fsp3) is 0.944. The first kappa shape index (κ1) is 15.7. The van der Waals surface area contributed by atoms with Gasteiger partial charge >= 0.3 is 0 Å². The third kappa shape index (κ3) is 3.78. The number of hydrogen-bond donors (Lipinski definition) is 1. The molecule has 0 radical (unpaired) electrons. The first-order chi connectivity index (χ1) is 9.78. The van der Waals surface area contributed by atoms with Gasteiger partial charge in [0.05, 0.1) is 6.04 Å². The molecule has 1 N–H and O–H groups in total. The molecule has 3 heteroatoms. The van der Waals surface area contributed by atoms with Gasteiger partial charge in [0.25, 0.3) is 0 Å². The van der Waals surface area contributed by atoms with Crippen LogP contribution in [-0.4, -0.2) is 22.5 Å². The van der Waals surface area contributed by atoms with Crippen LogP contribution in [0.2, 0.25) is 0 Å². The summed E-state index contributed by atoms with van der Waals surface area (Å²) in [6.07, 6.45) is 10.7. The SMILES string of the molecule is CC1(C)CC(N=C2NC3(CCCCC3)CS2)CC(C)(C)C1. The average molecular weight is 309 g/mol. The maximum absolute atomic E-state index is 5.14. The third-order valence-corrected chi connectivity index (χ3v) is 6.68. The van der Waals surface area contributed by atoms with Crippen LogP contribution in [0.1, 0.15) is 79.1 Å². The van der Waals surface area contributed by atoms with Crippen molar-refractivity contribution in [3.63, 3.8) is 0 Å². The molecule has 1 spiro atoms. The van der Waals surface area contributed by atoms with Crippen molar-refractivity contribution in [1.82, 2.24) is 5.32 Å². The zero-order valence-corrected chi connectivity index (χ0v) is 15.1. The number of nitrogens with one attached hydrogen (secondary N) is 1. The molecule has 2 nitrogen and oxygen atoms in total. The molecule has 0 amide bonds. The number of nitrogens with zero attached hydrogens (tertiary/aromatic N) is 1. The second kappa shape index (κ2) is 5.47. The highest BCUT2D eigenvalue weighted by atomic mass is 32.2. The Labute approximate surface area is 134 Å². The van der Waals surface area contributed by atoms with E-state index in [1.165, 1.54) is 62.3 Å². The van der Waals surface area contributed by atoms with E-state index in [0.717, 1.165) is 0 Å². The molecule has 1 saturated heterocycles. The van der Waals surface area contributed by atoms with Gasteiger partial charge in [-0.1, -0.05) is 58.7 Å². The molecular weight excluding hydrogens is 276 g/mol. The smallest absolute Gasteiger partial charge is 0.157 e. The standard InChI is InChI=1S/C18H32N2S/c1-16(2)10-14(11-17(3,4)12-16)19-15-20-18(13-21-15)8-6-5-7-9-18/h14H,5-13H2,1-4H3,(H,19,20). The van der Waals surface area contributed by atoms with Crippen molar-refractivity contribution in [3.8, 4) is 0 Å². The molecule has 3 fully saturated rings. The van der Waals surface area contributed by atoms with Gasteiger partial charge in [-0.2, -0.15) is 0 Å². The Kier molecular flexibility index (Phi) is 4.09. The van der Waals surface area contributed by atoms with Crippen LogP contribution in [0, 0.1) is 10.8 Å². The normalized spacial score (nSPS) is 33.2. The van der Waals surface area contributed by atoms with Crippen molar-refractivity contribution < 1.29 is 0 Å². The van der Waals surface area contributed by atoms with Gasteiger partial charge in [-0.05, 0) is 42.9 Å². The van der Waals surface area contributed by atoms with Crippen LogP contribution < -0.4 is 5.32 Å². The highest BCUT2D eigenvalue weighted by molar-refractivity contribution is 8.14. The van der Waals surface area contributed by atoms with Crippen LogP contribution >= 0.6 is 11.8 Å². The Balaban J connectivity index is 1.68. The second-order valence-electron chi connectivity index (χ2n) is 9.26. The first-order valence-electron chi connectivity index (χ1n) is 8.77. The lowest BCUT2D eigenvalue weighted by Gasteiger charge is -2.43. The van der Waals surface area contributed by atoms with Crippen LogP contribution in [0.5, 0.6) is 0 Å². The molecule has 0 aromatic heterocycles. The predicted molar refractivity (Wildman–Crippen MR) is 94.0 cm³/mol. The van der Waals surface area contributed by atoms with Crippen molar-refractivity contribution in [1.29, 1.82) is 0 Å². The van der Waals surface area contributed by atoms with Crippen LogP contribution in [0.15, 0.2) is 4.99 Å². The molecule has 0 aromatic carbocycles. The molecule has 2 aliphatic carbocycles. The van der Waals surface area contributed by atoms with Gasteiger partial charge in [-0.15, -0.1) is 0 Å². The Morgan fingerprint density at radius 3 is 2.24 bits per heavy atom. The van der Waals surface area contributed by atoms with Crippen LogP contribution in [0.3, 0.4) is 0 Å². The second-order valence-corrected chi connectivity index (χ2v) is 10.2. The zero-order chi connectivity index (χ0) is 15.1. The lowest BCUT2D eigenvalue weighted by atomic mass is 9.64. The van der Waals surface area contributed by atoms with E-state index < -0.39 is 0 Å². The number of hydrogen-bond acceptors (Lipinski definition) is 2. The van der Waals surface area contributed by atoms with Gasteiger partial charge in [0.2, 0.25) is 0 Å². The van der Waals surface area contributed by atoms with Crippen molar-refractivity contribution in [2.45, 2.75) is 90.6 Å². The minimum Gasteiger partial charge on any atom is -0.359 e. The van der Waals surface area contributed by atoms with Crippen molar-refractivity contribution in [2.75, 3.05) is 5.75 Å². The molecule has 0 bridgehead atoms. The summed E-state index contributed by atoms with van der Waals surface area (Å²) >= 11 is 1.98. The monoisotopic (exact) mass is 308 g/mol. The summed E-state index contributed by atoms with van der Waals surface area (Å²) in [5, 5.41) is 5.07. The maximum atomic E-state index is 5.14. The van der Waals surface area contributed by atoms with E-state index in [4.69, 9.17) is 4.99 Å². The molecule has 0 atom stereocenters. The van der Waals surface area contributed by atoms with Crippen molar-refractivity contribution in [3.05, 3.63) is 0 Å². The van der Waals surface area contributed by atoms with E-state index in [2.05, 4.69) is 33.0 Å². The van der Waals surface area contributed by atoms with E-state index >= 15 is 0 Å². The maximum Gasteiger partial charge on any atom is 0.157 e. The van der Waals surface area contributed by atoms with E-state index in [1.54, 1.807) is 0 Å². The largest absolute Gasteiger partial charge is 0.359 e. The lowest BCUT2D eigenvalue weighted by Crippen LogP contribution is -2.45. The summed E-state index contributed by atoms with van der Waals surface area (Å²) in [6, 6.07) is 0.512. The summed E-state index contributed by atoms with van der Waals surface area (Å²) in [5.41, 5.74) is 1.26. The van der Waals surface area contributed by atoms with Crippen molar-refractivity contribution in [2.24, 2.45) is 15.8 Å². The van der Waals surface area contributed by atoms with Crippen LogP contribution in [-0.2, 0) is 0 Å². The minimum atomic E-state index is 0.390. The van der Waals surface area contributed by atoms with E-state index in [9.17, 15) is 0 Å². The summed E-state index contributed by atoms with van der Waals surface area (Å²) < 4.78 is 0. The fourth-order valence-electron chi connectivity index (χ4n) is 5.12. The first-order valence-corrected chi connectivity index (χ1v) is 9.75. The van der Waals surface area contributed by atoms with E-state index in [0.29, 0.717) is 22.4 Å². The van der Waals surface area contributed by atoms with Gasteiger partial charge in [0.1, 0.15) is 0 Å². The van der Waals surface area contributed by atoms with Gasteiger partial charge in [-0.25, -0.2) is 0 Å². The summed E-state index contributed by atoms with van der Waals surface area (Å²) in [6.45, 7) is 9.66. The average Bonchev–Trinajstić information content (AvgIpc) is 2.68. The Morgan fingerprint density at radius 2 is 1.62 bits per heavy atom. The molecule has 0 unspecified atom stereocenters. The number of aliphatic imine (C=N–C) groups is 1. The molecule has 2 saturated carbocycles. The zero-order valence-electron chi connectivity index (χ0n) is 14.3. The Hall–Kier alpha value is -0.180. The van der Waals surface area contributed by atoms with Gasteiger partial charge < -0.3 is 5.32 Å². The predicted octanol–water partition coefficient (Wildman–Crippen LogP) is 4.99. The van der Waals surface area contributed by atoms with Crippen LogP contribution in [0.4, 0.5) is 0 Å². The summed E-state index contributed by atoms with van der Waals surface area (Å²) in [5.74, 6) is 1.24. The molecule has 21 heavy (non-hydrogen) atoms. The molecular formula is C18H32N2S. The third-order valence-electron chi connectivity index (χ3n) is 5.50. The summed E-state index contributed by atoms with van der Waals surface area (Å²) in [7, 11) is 0. The molecule has 1 aliphatic heterocycles. The molecule has 3 aliphatic rings. The number of rotatable bonds is 1. The highest BCUT2D eigenvalue weighted by Crippen LogP contribution is 2.47. The summed E-state index contributed by atoms with van der Waals surface area (Å²) in [4.78, 5) is 5.14. The molecule has 0 aromatic rings. The minimum absolute atomic E-state index is 0.390. The van der Waals surface area contributed by atoms with Crippen molar-refractivity contribution >= 4 is 16.9 Å². The van der Waals surface area contributed by atoms with E-state index in [-0.39, 0.29) is 0 Å². The number of thioether (sulfide) groups is 1. The topological polar surface area (TPSA) is 24.4 Å². The molecule has 120 valence electrons. The Morgan fingerprint density at radius 1 is 1.00 bits per heavy atom. The van der Waals surface area contributed by atoms with E-state index in [1.807, 2.05) is 11.8 Å². The quantitative estimate of drug-likeness (QED) is 0.738. The van der Waals surface area contributed by atoms with Gasteiger partial charge in [-0.3, -0.25) is 4.99 Å². The van der Waals surface area contributed by atoms with Gasteiger partial charge in [0, 0.05) is 11.3 Å². The highest BCUT2D eigenvalue weighted by Gasteiger charge is 2.41. The van der Waals surface area contributed by atoms with Crippen LogP contribution in [0.25, 0.3) is 0 Å². The lowest BCUT2D eigenvalue weighted by molar-refractivity contribution is 0.0996. The number of amidine groups is 1. The molecule has 3 rings (SSSR count). The fourth-order valence-corrected chi connectivity index (χ4v) is 6.40. The Bertz CT molecular complexity index is 403.